The molecule has 0 saturated heterocycles. The Labute approximate surface area is 100 Å². The Kier molecular flexibility index (Phi) is 4.52. The molecular weight excluding hydrogens is 271 g/mol. The Morgan fingerprint density at radius 2 is 1.75 bits per heavy atom. The average molecular weight is 287 g/mol. The molecule has 4 heteroatoms. The normalized spacial score (nSPS) is 19.2. The van der Waals surface area contributed by atoms with E-state index in [0.29, 0.717) is 5.75 Å². The first kappa shape index (κ1) is 11.8. The van der Waals surface area contributed by atoms with Gasteiger partial charge in [0.2, 0.25) is 0 Å². The number of rotatable bonds is 4. The molecule has 0 heterocycles. The van der Waals surface area contributed by atoms with Crippen molar-refractivity contribution in [1.82, 2.24) is 0 Å². The van der Waals surface area contributed by atoms with E-state index in [2.05, 4.69) is 0 Å². The van der Waals surface area contributed by atoms with E-state index in [9.17, 15) is 3.83 Å². The van der Waals surface area contributed by atoms with Gasteiger partial charge in [0.1, 0.15) is 0 Å². The summed E-state index contributed by atoms with van der Waals surface area (Å²) in [7, 11) is 0. The second-order valence-electron chi connectivity index (χ2n) is 3.96. The third kappa shape index (κ3) is 3.71. The van der Waals surface area contributed by atoms with Crippen LogP contribution in [0.5, 0.6) is 5.75 Å². The van der Waals surface area contributed by atoms with Gasteiger partial charge in [-0.3, -0.25) is 0 Å². The van der Waals surface area contributed by atoms with Crippen molar-refractivity contribution in [2.45, 2.75) is 38.2 Å². The van der Waals surface area contributed by atoms with Gasteiger partial charge in [-0.15, -0.1) is 0 Å². The van der Waals surface area contributed by atoms with Gasteiger partial charge in [-0.1, -0.05) is 0 Å². The molecule has 0 N–H and O–H groups in total. The first-order valence-corrected chi connectivity index (χ1v) is 7.77. The SMILES string of the molecule is O=[Se](Oc1ccccc1)OC1CCCCC1. The molecule has 1 aromatic rings. The maximum atomic E-state index is 11.6. The van der Waals surface area contributed by atoms with Crippen molar-refractivity contribution < 1.29 is 11.5 Å². The minimum atomic E-state index is -2.62. The topological polar surface area (TPSA) is 35.5 Å². The quantitative estimate of drug-likeness (QED) is 0.799. The zero-order chi connectivity index (χ0) is 11.2. The van der Waals surface area contributed by atoms with E-state index in [1.807, 2.05) is 18.2 Å². The fourth-order valence-electron chi connectivity index (χ4n) is 1.85. The molecule has 1 fully saturated rings. The van der Waals surface area contributed by atoms with Gasteiger partial charge in [-0.05, 0) is 0 Å². The second kappa shape index (κ2) is 6.14. The van der Waals surface area contributed by atoms with Crippen LogP contribution < -0.4 is 3.82 Å². The van der Waals surface area contributed by atoms with E-state index < -0.39 is 14.5 Å². The predicted molar refractivity (Wildman–Crippen MR) is 61.5 cm³/mol. The van der Waals surface area contributed by atoms with E-state index >= 15 is 0 Å². The van der Waals surface area contributed by atoms with Gasteiger partial charge in [0.15, 0.2) is 0 Å². The number of benzene rings is 1. The minimum absolute atomic E-state index is 0.139. The maximum absolute atomic E-state index is 11.6. The molecule has 0 radical (unpaired) electrons. The van der Waals surface area contributed by atoms with Crippen molar-refractivity contribution in [3.05, 3.63) is 30.3 Å². The molecule has 1 unspecified atom stereocenters. The fourth-order valence-corrected chi connectivity index (χ4v) is 3.36. The molecule has 1 saturated carbocycles. The molecule has 0 aromatic heterocycles. The third-order valence-electron chi connectivity index (χ3n) is 2.67. The fraction of sp³-hybridized carbons (Fsp3) is 0.500. The van der Waals surface area contributed by atoms with Crippen molar-refractivity contribution >= 4 is 14.5 Å². The second-order valence-corrected chi connectivity index (χ2v) is 5.57. The molecule has 2 rings (SSSR count). The molecule has 0 bridgehead atoms. The Hall–Kier alpha value is -0.701. The van der Waals surface area contributed by atoms with Crippen molar-refractivity contribution in [3.8, 4) is 5.75 Å². The number of hydrogen-bond donors (Lipinski definition) is 0. The van der Waals surface area contributed by atoms with Crippen molar-refractivity contribution in [2.75, 3.05) is 0 Å². The zero-order valence-electron chi connectivity index (χ0n) is 9.13. The van der Waals surface area contributed by atoms with Gasteiger partial charge < -0.3 is 0 Å². The van der Waals surface area contributed by atoms with Crippen LogP contribution in [0.3, 0.4) is 0 Å². The molecule has 1 aliphatic carbocycles. The first-order valence-electron chi connectivity index (χ1n) is 5.67. The Morgan fingerprint density at radius 3 is 2.44 bits per heavy atom. The Morgan fingerprint density at radius 1 is 1.06 bits per heavy atom. The monoisotopic (exact) mass is 288 g/mol. The van der Waals surface area contributed by atoms with Crippen LogP contribution in [0.2, 0.25) is 0 Å². The van der Waals surface area contributed by atoms with Crippen LogP contribution >= 0.6 is 0 Å². The summed E-state index contributed by atoms with van der Waals surface area (Å²) in [6, 6.07) is 9.19. The summed E-state index contributed by atoms with van der Waals surface area (Å²) >= 11 is -2.62. The van der Waals surface area contributed by atoms with Crippen LogP contribution in [0, 0.1) is 0 Å². The van der Waals surface area contributed by atoms with Gasteiger partial charge in [-0.2, -0.15) is 0 Å². The Balaban J connectivity index is 1.80. The molecule has 88 valence electrons. The van der Waals surface area contributed by atoms with E-state index in [-0.39, 0.29) is 6.10 Å². The van der Waals surface area contributed by atoms with Crippen LogP contribution in [0.15, 0.2) is 30.3 Å². The van der Waals surface area contributed by atoms with E-state index in [1.165, 1.54) is 19.3 Å². The summed E-state index contributed by atoms with van der Waals surface area (Å²) in [6.45, 7) is 0. The van der Waals surface area contributed by atoms with Gasteiger partial charge in [-0.25, -0.2) is 0 Å². The molecule has 0 spiro atoms. The molecule has 0 amide bonds. The summed E-state index contributed by atoms with van der Waals surface area (Å²) in [5.74, 6) is 0.623. The van der Waals surface area contributed by atoms with E-state index in [0.717, 1.165) is 12.8 Å². The molecule has 3 nitrogen and oxygen atoms in total. The standard InChI is InChI=1S/C12H16O3Se/c13-16(14-11-7-3-1-4-8-11)15-12-9-5-2-6-10-12/h1,3-4,7-8,12H,2,5-6,9-10H2. The van der Waals surface area contributed by atoms with E-state index in [1.54, 1.807) is 12.1 Å². The van der Waals surface area contributed by atoms with Crippen LogP contribution in [0.4, 0.5) is 0 Å². The molecule has 1 aliphatic rings. The van der Waals surface area contributed by atoms with Gasteiger partial charge in [0.25, 0.3) is 0 Å². The third-order valence-corrected chi connectivity index (χ3v) is 4.26. The Bertz CT molecular complexity index is 333. The van der Waals surface area contributed by atoms with Crippen molar-refractivity contribution in [3.63, 3.8) is 0 Å². The van der Waals surface area contributed by atoms with Crippen molar-refractivity contribution in [2.24, 2.45) is 0 Å². The first-order chi connectivity index (χ1) is 7.84. The summed E-state index contributed by atoms with van der Waals surface area (Å²) < 4.78 is 22.4. The number of hydrogen-bond acceptors (Lipinski definition) is 3. The summed E-state index contributed by atoms with van der Waals surface area (Å²) in [4.78, 5) is 0. The molecule has 1 atom stereocenters. The average Bonchev–Trinajstić information content (AvgIpc) is 2.31. The molecule has 0 aliphatic heterocycles. The van der Waals surface area contributed by atoms with Crippen LogP contribution in [-0.4, -0.2) is 20.6 Å². The predicted octanol–water partition coefficient (Wildman–Crippen LogP) is 2.83. The van der Waals surface area contributed by atoms with Crippen LogP contribution in [0.1, 0.15) is 32.1 Å². The molecule has 16 heavy (non-hydrogen) atoms. The van der Waals surface area contributed by atoms with Gasteiger partial charge in [0.05, 0.1) is 0 Å². The summed E-state index contributed by atoms with van der Waals surface area (Å²) in [5.41, 5.74) is 0. The van der Waals surface area contributed by atoms with E-state index in [4.69, 9.17) is 7.64 Å². The zero-order valence-corrected chi connectivity index (χ0v) is 10.8. The molecule has 1 aromatic carbocycles. The van der Waals surface area contributed by atoms with Crippen LogP contribution in [-0.2, 0) is 7.65 Å². The van der Waals surface area contributed by atoms with Crippen LogP contribution in [0.25, 0.3) is 0 Å². The number of para-hydroxylation sites is 1. The van der Waals surface area contributed by atoms with Crippen molar-refractivity contribution in [1.29, 1.82) is 0 Å². The molecular formula is C12H16O3Se. The summed E-state index contributed by atoms with van der Waals surface area (Å²) in [6.07, 6.45) is 5.79. The van der Waals surface area contributed by atoms with Gasteiger partial charge in [0, 0.05) is 0 Å². The van der Waals surface area contributed by atoms with Gasteiger partial charge >= 0.3 is 100 Å². The summed E-state index contributed by atoms with van der Waals surface area (Å²) in [5, 5.41) is 0.